The van der Waals surface area contributed by atoms with Gasteiger partial charge in [-0.2, -0.15) is 5.10 Å². The Bertz CT molecular complexity index is 1080. The Labute approximate surface area is 190 Å². The lowest BCUT2D eigenvalue weighted by Crippen LogP contribution is -2.18. The summed E-state index contributed by atoms with van der Waals surface area (Å²) in [5.41, 5.74) is 6.21. The number of halogens is 1. The van der Waals surface area contributed by atoms with Crippen molar-refractivity contribution >= 4 is 39.6 Å². The van der Waals surface area contributed by atoms with Gasteiger partial charge in [0.25, 0.3) is 11.8 Å². The maximum atomic E-state index is 12.5. The fourth-order valence-electron chi connectivity index (χ4n) is 2.81. The highest BCUT2D eigenvalue weighted by Crippen LogP contribution is 2.22. The van der Waals surface area contributed by atoms with E-state index in [0.29, 0.717) is 16.8 Å². The quantitative estimate of drug-likeness (QED) is 0.362. The van der Waals surface area contributed by atoms with E-state index >= 15 is 0 Å². The summed E-state index contributed by atoms with van der Waals surface area (Å²) in [6.07, 6.45) is 1.57. The molecule has 3 rings (SSSR count). The minimum Gasteiger partial charge on any atom is -0.322 e. The SMILES string of the molecule is CC(C)(C)c1ccc(C(=O)Nc2ccc(C(=O)NN=Cc3ccc(Br)cc3)cc2)cc1. The molecule has 0 spiro atoms. The topological polar surface area (TPSA) is 70.6 Å². The second-order valence-corrected chi connectivity index (χ2v) is 9.03. The lowest BCUT2D eigenvalue weighted by molar-refractivity contribution is 0.0954. The van der Waals surface area contributed by atoms with Crippen molar-refractivity contribution in [3.63, 3.8) is 0 Å². The van der Waals surface area contributed by atoms with Gasteiger partial charge in [-0.05, 0) is 65.1 Å². The van der Waals surface area contributed by atoms with Gasteiger partial charge in [-0.25, -0.2) is 5.43 Å². The maximum Gasteiger partial charge on any atom is 0.271 e. The fraction of sp³-hybridized carbons (Fsp3) is 0.160. The molecule has 3 aromatic rings. The number of nitrogens with one attached hydrogen (secondary N) is 2. The number of hydrogen-bond acceptors (Lipinski definition) is 3. The molecule has 0 saturated heterocycles. The van der Waals surface area contributed by atoms with Gasteiger partial charge in [0, 0.05) is 21.3 Å². The molecule has 0 aliphatic rings. The summed E-state index contributed by atoms with van der Waals surface area (Å²) < 4.78 is 0.975. The van der Waals surface area contributed by atoms with Crippen molar-refractivity contribution in [1.82, 2.24) is 5.43 Å². The first kappa shape index (κ1) is 22.4. The Morgan fingerprint density at radius 1 is 0.806 bits per heavy atom. The average molecular weight is 478 g/mol. The number of anilines is 1. The zero-order valence-electron chi connectivity index (χ0n) is 17.6. The summed E-state index contributed by atoms with van der Waals surface area (Å²) in [5, 5.41) is 6.82. The molecule has 0 radical (unpaired) electrons. The molecule has 0 bridgehead atoms. The molecule has 31 heavy (non-hydrogen) atoms. The normalized spacial score (nSPS) is 11.4. The smallest absolute Gasteiger partial charge is 0.271 e. The van der Waals surface area contributed by atoms with Gasteiger partial charge in [-0.15, -0.1) is 0 Å². The van der Waals surface area contributed by atoms with Crippen LogP contribution in [-0.4, -0.2) is 18.0 Å². The second kappa shape index (κ2) is 9.71. The molecule has 0 aliphatic heterocycles. The van der Waals surface area contributed by atoms with Gasteiger partial charge in [-0.3, -0.25) is 9.59 Å². The van der Waals surface area contributed by atoms with Crippen LogP contribution in [0.15, 0.2) is 82.4 Å². The van der Waals surface area contributed by atoms with Gasteiger partial charge in [0.15, 0.2) is 0 Å². The van der Waals surface area contributed by atoms with Gasteiger partial charge in [0.05, 0.1) is 6.21 Å². The molecule has 0 fully saturated rings. The van der Waals surface area contributed by atoms with Crippen LogP contribution in [0.5, 0.6) is 0 Å². The van der Waals surface area contributed by atoms with Crippen LogP contribution < -0.4 is 10.7 Å². The molecule has 0 heterocycles. The number of carbonyl (C=O) groups is 2. The lowest BCUT2D eigenvalue weighted by Gasteiger charge is -2.19. The van der Waals surface area contributed by atoms with E-state index in [0.717, 1.165) is 10.0 Å². The predicted molar refractivity (Wildman–Crippen MR) is 129 cm³/mol. The highest BCUT2D eigenvalue weighted by Gasteiger charge is 2.14. The molecule has 2 amide bonds. The first-order chi connectivity index (χ1) is 14.7. The van der Waals surface area contributed by atoms with E-state index in [2.05, 4.69) is 52.5 Å². The third kappa shape index (κ3) is 6.36. The number of carbonyl (C=O) groups excluding carboxylic acids is 2. The number of nitrogens with zero attached hydrogens (tertiary/aromatic N) is 1. The summed E-state index contributed by atoms with van der Waals surface area (Å²) in [6, 6.07) is 21.8. The van der Waals surface area contributed by atoms with Crippen molar-refractivity contribution in [3.05, 3.63) is 99.5 Å². The van der Waals surface area contributed by atoms with E-state index in [1.165, 1.54) is 5.56 Å². The average Bonchev–Trinajstić information content (AvgIpc) is 2.75. The summed E-state index contributed by atoms with van der Waals surface area (Å²) in [4.78, 5) is 24.7. The Kier molecular flexibility index (Phi) is 7.02. The first-order valence-corrected chi connectivity index (χ1v) is 10.6. The molecular formula is C25H24BrN3O2. The van der Waals surface area contributed by atoms with Crippen LogP contribution in [-0.2, 0) is 5.41 Å². The van der Waals surface area contributed by atoms with E-state index in [9.17, 15) is 9.59 Å². The van der Waals surface area contributed by atoms with Crippen molar-refractivity contribution in [1.29, 1.82) is 0 Å². The largest absolute Gasteiger partial charge is 0.322 e. The van der Waals surface area contributed by atoms with Gasteiger partial charge in [0.1, 0.15) is 0 Å². The van der Waals surface area contributed by atoms with Gasteiger partial charge >= 0.3 is 0 Å². The molecule has 0 aromatic heterocycles. The van der Waals surface area contributed by atoms with Crippen LogP contribution in [0.25, 0.3) is 0 Å². The zero-order chi connectivity index (χ0) is 22.4. The molecule has 6 heteroatoms. The minimum atomic E-state index is -0.330. The van der Waals surface area contributed by atoms with E-state index in [4.69, 9.17) is 0 Å². The second-order valence-electron chi connectivity index (χ2n) is 8.11. The third-order valence-electron chi connectivity index (χ3n) is 4.67. The molecule has 158 valence electrons. The highest BCUT2D eigenvalue weighted by atomic mass is 79.9. The van der Waals surface area contributed by atoms with E-state index in [-0.39, 0.29) is 17.2 Å². The Morgan fingerprint density at radius 3 is 1.94 bits per heavy atom. The monoisotopic (exact) mass is 477 g/mol. The van der Waals surface area contributed by atoms with E-state index in [1.807, 2.05) is 48.5 Å². The first-order valence-electron chi connectivity index (χ1n) is 9.83. The molecule has 0 aliphatic carbocycles. The van der Waals surface area contributed by atoms with Gasteiger partial charge in [-0.1, -0.05) is 61.0 Å². The third-order valence-corrected chi connectivity index (χ3v) is 5.20. The van der Waals surface area contributed by atoms with E-state index < -0.39 is 0 Å². The minimum absolute atomic E-state index is 0.0354. The van der Waals surface area contributed by atoms with Crippen LogP contribution in [0.2, 0.25) is 0 Å². The summed E-state index contributed by atoms with van der Waals surface area (Å²) in [7, 11) is 0. The highest BCUT2D eigenvalue weighted by molar-refractivity contribution is 9.10. The summed E-state index contributed by atoms with van der Waals surface area (Å²) in [5.74, 6) is -0.527. The molecule has 0 saturated carbocycles. The molecule has 0 atom stereocenters. The Hall–Kier alpha value is -3.25. The number of hydrogen-bond donors (Lipinski definition) is 2. The van der Waals surface area contributed by atoms with E-state index in [1.54, 1.807) is 30.5 Å². The van der Waals surface area contributed by atoms with Crippen LogP contribution in [0.4, 0.5) is 5.69 Å². The van der Waals surface area contributed by atoms with Crippen LogP contribution in [0.1, 0.15) is 52.6 Å². The molecule has 3 aromatic carbocycles. The number of amides is 2. The predicted octanol–water partition coefficient (Wildman–Crippen LogP) is 5.76. The number of rotatable bonds is 5. The standard InChI is InChI=1S/C25H24BrN3O2/c1-25(2,3)20-10-6-18(7-11-20)23(30)28-22-14-8-19(9-15-22)24(31)29-27-16-17-4-12-21(26)13-5-17/h4-16H,1-3H3,(H,28,30)(H,29,31). The Balaban J connectivity index is 1.57. The van der Waals surface area contributed by atoms with Crippen molar-refractivity contribution in [3.8, 4) is 0 Å². The van der Waals surface area contributed by atoms with Crippen molar-refractivity contribution in [2.75, 3.05) is 5.32 Å². The van der Waals surface area contributed by atoms with Gasteiger partial charge in [0.2, 0.25) is 0 Å². The maximum absolute atomic E-state index is 12.5. The van der Waals surface area contributed by atoms with Gasteiger partial charge < -0.3 is 5.32 Å². The number of hydrazone groups is 1. The summed E-state index contributed by atoms with van der Waals surface area (Å²) in [6.45, 7) is 6.39. The fourth-order valence-corrected chi connectivity index (χ4v) is 3.07. The van der Waals surface area contributed by atoms with Crippen LogP contribution >= 0.6 is 15.9 Å². The number of benzene rings is 3. The zero-order valence-corrected chi connectivity index (χ0v) is 19.2. The molecule has 0 unspecified atom stereocenters. The molecule has 2 N–H and O–H groups in total. The van der Waals surface area contributed by atoms with Crippen molar-refractivity contribution in [2.45, 2.75) is 26.2 Å². The van der Waals surface area contributed by atoms with Crippen molar-refractivity contribution < 1.29 is 9.59 Å². The molecular weight excluding hydrogens is 454 g/mol. The van der Waals surface area contributed by atoms with Crippen molar-refractivity contribution in [2.24, 2.45) is 5.10 Å². The Morgan fingerprint density at radius 2 is 1.35 bits per heavy atom. The molecule has 5 nitrogen and oxygen atoms in total. The van der Waals surface area contributed by atoms with Crippen LogP contribution in [0.3, 0.4) is 0 Å². The lowest BCUT2D eigenvalue weighted by atomic mass is 9.87. The van der Waals surface area contributed by atoms with Crippen LogP contribution in [0, 0.1) is 0 Å². The summed E-state index contributed by atoms with van der Waals surface area (Å²) >= 11 is 3.37.